The van der Waals surface area contributed by atoms with Gasteiger partial charge in [0, 0.05) is 19.4 Å². The average molecular weight is 395 g/mol. The largest absolute Gasteiger partial charge is 0.483 e. The van der Waals surface area contributed by atoms with E-state index in [2.05, 4.69) is 24.1 Å². The minimum absolute atomic E-state index is 0.120. The van der Waals surface area contributed by atoms with Crippen LogP contribution in [0.4, 0.5) is 4.39 Å². The summed E-state index contributed by atoms with van der Waals surface area (Å²) in [5, 5.41) is 2.96. The van der Waals surface area contributed by atoms with Crippen LogP contribution in [-0.4, -0.2) is 22.1 Å². The fourth-order valence-electron chi connectivity index (χ4n) is 3.20. The van der Waals surface area contributed by atoms with Crippen LogP contribution in [-0.2, 0) is 11.8 Å². The average Bonchev–Trinajstić information content (AvgIpc) is 3.10. The Morgan fingerprint density at radius 3 is 2.55 bits per heavy atom. The van der Waals surface area contributed by atoms with Gasteiger partial charge in [0.05, 0.1) is 0 Å². The predicted molar refractivity (Wildman–Crippen MR) is 110 cm³/mol. The molecule has 5 nitrogen and oxygen atoms in total. The normalized spacial score (nSPS) is 12.1. The van der Waals surface area contributed by atoms with E-state index in [0.29, 0.717) is 11.6 Å². The maximum atomic E-state index is 13.4. The molecular formula is C23H26FN3O2. The molecule has 3 aromatic rings. The Bertz CT molecular complexity index is 980. The zero-order valence-corrected chi connectivity index (χ0v) is 17.1. The van der Waals surface area contributed by atoms with Crippen LogP contribution in [0.1, 0.15) is 48.3 Å². The minimum atomic E-state index is -0.506. The molecule has 2 aromatic carbocycles. The van der Waals surface area contributed by atoms with Crippen molar-refractivity contribution in [2.45, 2.75) is 32.7 Å². The Balaban J connectivity index is 1.77. The SMILES string of the molecule is Cc1ccc(C(C)C)c(OCC(=O)NC(c2ccc(F)cc2)c2nccn2C)c1. The Labute approximate surface area is 170 Å². The van der Waals surface area contributed by atoms with Gasteiger partial charge in [-0.3, -0.25) is 4.79 Å². The predicted octanol–water partition coefficient (Wildman–Crippen LogP) is 4.28. The second kappa shape index (κ2) is 8.90. The molecule has 152 valence electrons. The number of ether oxygens (including phenoxy) is 1. The molecule has 1 unspecified atom stereocenters. The van der Waals surface area contributed by atoms with Crippen molar-refractivity contribution in [3.63, 3.8) is 0 Å². The first kappa shape index (κ1) is 20.6. The van der Waals surface area contributed by atoms with Crippen LogP contribution in [0.15, 0.2) is 54.9 Å². The van der Waals surface area contributed by atoms with Crippen LogP contribution < -0.4 is 10.1 Å². The van der Waals surface area contributed by atoms with E-state index in [4.69, 9.17) is 4.74 Å². The molecule has 0 radical (unpaired) electrons. The number of hydrogen-bond acceptors (Lipinski definition) is 3. The van der Waals surface area contributed by atoms with E-state index >= 15 is 0 Å². The van der Waals surface area contributed by atoms with Gasteiger partial charge in [0.1, 0.15) is 23.4 Å². The summed E-state index contributed by atoms with van der Waals surface area (Å²) in [5.74, 6) is 1.04. The zero-order chi connectivity index (χ0) is 21.0. The Morgan fingerprint density at radius 2 is 1.93 bits per heavy atom. The van der Waals surface area contributed by atoms with E-state index < -0.39 is 6.04 Å². The number of halogens is 1. The molecule has 0 aliphatic heterocycles. The number of nitrogens with zero attached hydrogens (tertiary/aromatic N) is 2. The van der Waals surface area contributed by atoms with Crippen LogP contribution in [0.3, 0.4) is 0 Å². The number of hydrogen-bond donors (Lipinski definition) is 1. The molecule has 1 N–H and O–H groups in total. The lowest BCUT2D eigenvalue weighted by atomic mass is 10.0. The summed E-state index contributed by atoms with van der Waals surface area (Å²) < 4.78 is 21.0. The van der Waals surface area contributed by atoms with Crippen molar-refractivity contribution in [1.82, 2.24) is 14.9 Å². The number of imidazole rings is 1. The van der Waals surface area contributed by atoms with Gasteiger partial charge in [-0.05, 0) is 47.7 Å². The number of aryl methyl sites for hydroxylation is 2. The highest BCUT2D eigenvalue weighted by Crippen LogP contribution is 2.27. The van der Waals surface area contributed by atoms with Crippen molar-refractivity contribution in [2.75, 3.05) is 6.61 Å². The van der Waals surface area contributed by atoms with Gasteiger partial charge in [0.25, 0.3) is 5.91 Å². The van der Waals surface area contributed by atoms with Gasteiger partial charge in [-0.15, -0.1) is 0 Å². The number of aromatic nitrogens is 2. The lowest BCUT2D eigenvalue weighted by Crippen LogP contribution is -2.34. The van der Waals surface area contributed by atoms with Gasteiger partial charge in [0.15, 0.2) is 6.61 Å². The van der Waals surface area contributed by atoms with Crippen molar-refractivity contribution in [3.8, 4) is 5.75 Å². The van der Waals surface area contributed by atoms with E-state index in [9.17, 15) is 9.18 Å². The number of benzene rings is 2. The minimum Gasteiger partial charge on any atom is -0.483 e. The van der Waals surface area contributed by atoms with Crippen LogP contribution in [0.5, 0.6) is 5.75 Å². The zero-order valence-electron chi connectivity index (χ0n) is 17.1. The molecule has 0 spiro atoms. The van der Waals surface area contributed by atoms with Gasteiger partial charge in [-0.1, -0.05) is 38.1 Å². The van der Waals surface area contributed by atoms with Gasteiger partial charge < -0.3 is 14.6 Å². The summed E-state index contributed by atoms with van der Waals surface area (Å²) in [6.45, 7) is 6.04. The molecule has 0 saturated carbocycles. The molecule has 0 saturated heterocycles. The Kier molecular flexibility index (Phi) is 6.32. The second-order valence-corrected chi connectivity index (χ2v) is 7.43. The summed E-state index contributed by atoms with van der Waals surface area (Å²) in [6, 6.07) is 11.5. The third-order valence-electron chi connectivity index (χ3n) is 4.78. The third kappa shape index (κ3) is 5.02. The van der Waals surface area contributed by atoms with Gasteiger partial charge in [-0.25, -0.2) is 9.37 Å². The van der Waals surface area contributed by atoms with E-state index in [1.807, 2.05) is 36.7 Å². The Hall–Kier alpha value is -3.15. The molecule has 0 fully saturated rings. The highest BCUT2D eigenvalue weighted by molar-refractivity contribution is 5.78. The number of nitrogens with one attached hydrogen (secondary N) is 1. The maximum absolute atomic E-state index is 13.4. The lowest BCUT2D eigenvalue weighted by Gasteiger charge is -2.20. The van der Waals surface area contributed by atoms with Crippen LogP contribution in [0.25, 0.3) is 0 Å². The topological polar surface area (TPSA) is 56.1 Å². The molecule has 1 amide bonds. The van der Waals surface area contributed by atoms with Gasteiger partial charge in [0.2, 0.25) is 0 Å². The first-order valence-electron chi connectivity index (χ1n) is 9.60. The van der Waals surface area contributed by atoms with Crippen molar-refractivity contribution in [1.29, 1.82) is 0 Å². The fraction of sp³-hybridized carbons (Fsp3) is 0.304. The van der Waals surface area contributed by atoms with Crippen molar-refractivity contribution < 1.29 is 13.9 Å². The number of carbonyl (C=O) groups is 1. The molecule has 1 aromatic heterocycles. The van der Waals surface area contributed by atoms with Crippen molar-refractivity contribution >= 4 is 5.91 Å². The highest BCUT2D eigenvalue weighted by Gasteiger charge is 2.21. The maximum Gasteiger partial charge on any atom is 0.258 e. The summed E-state index contributed by atoms with van der Waals surface area (Å²) in [7, 11) is 1.85. The van der Waals surface area contributed by atoms with E-state index in [1.165, 1.54) is 12.1 Å². The summed E-state index contributed by atoms with van der Waals surface area (Å²) in [5.41, 5.74) is 2.87. The van der Waals surface area contributed by atoms with Crippen molar-refractivity contribution in [3.05, 3.63) is 83.2 Å². The smallest absolute Gasteiger partial charge is 0.258 e. The highest BCUT2D eigenvalue weighted by atomic mass is 19.1. The fourth-order valence-corrected chi connectivity index (χ4v) is 3.20. The summed E-state index contributed by atoms with van der Waals surface area (Å²) in [4.78, 5) is 17.0. The number of carbonyl (C=O) groups excluding carboxylic acids is 1. The molecule has 0 aliphatic rings. The number of amides is 1. The van der Waals surface area contributed by atoms with Crippen LogP contribution in [0, 0.1) is 12.7 Å². The lowest BCUT2D eigenvalue weighted by molar-refractivity contribution is -0.123. The molecule has 1 atom stereocenters. The van der Waals surface area contributed by atoms with E-state index in [0.717, 1.165) is 16.7 Å². The molecule has 1 heterocycles. The second-order valence-electron chi connectivity index (χ2n) is 7.43. The molecular weight excluding hydrogens is 369 g/mol. The van der Waals surface area contributed by atoms with Gasteiger partial charge >= 0.3 is 0 Å². The molecule has 29 heavy (non-hydrogen) atoms. The summed E-state index contributed by atoms with van der Waals surface area (Å²) >= 11 is 0. The third-order valence-corrected chi connectivity index (χ3v) is 4.78. The van der Waals surface area contributed by atoms with Crippen LogP contribution >= 0.6 is 0 Å². The quantitative estimate of drug-likeness (QED) is 0.650. The molecule has 3 rings (SSSR count). The summed E-state index contributed by atoms with van der Waals surface area (Å²) in [6.07, 6.45) is 3.46. The van der Waals surface area contributed by atoms with Crippen molar-refractivity contribution in [2.24, 2.45) is 7.05 Å². The monoisotopic (exact) mass is 395 g/mol. The number of rotatable bonds is 7. The van der Waals surface area contributed by atoms with E-state index in [-0.39, 0.29) is 24.2 Å². The molecule has 0 bridgehead atoms. The molecule has 6 heteroatoms. The van der Waals surface area contributed by atoms with Crippen LogP contribution in [0.2, 0.25) is 0 Å². The van der Waals surface area contributed by atoms with Gasteiger partial charge in [-0.2, -0.15) is 0 Å². The molecule has 0 aliphatic carbocycles. The first-order valence-corrected chi connectivity index (χ1v) is 9.60. The standard InChI is InChI=1S/C23H26FN3O2/c1-15(2)19-10-5-16(3)13-20(19)29-14-21(28)26-22(23-25-11-12-27(23)4)17-6-8-18(24)9-7-17/h5-13,15,22H,14H2,1-4H3,(H,26,28). The van der Waals surface area contributed by atoms with E-state index in [1.54, 1.807) is 24.5 Å². The Morgan fingerprint density at radius 1 is 1.21 bits per heavy atom. The first-order chi connectivity index (χ1) is 13.8.